The Morgan fingerprint density at radius 1 is 1.24 bits per heavy atom. The lowest BCUT2D eigenvalue weighted by molar-refractivity contribution is -0.120. The van der Waals surface area contributed by atoms with Gasteiger partial charge in [-0.25, -0.2) is 0 Å². The van der Waals surface area contributed by atoms with Crippen molar-refractivity contribution in [3.8, 4) is 0 Å². The van der Waals surface area contributed by atoms with Crippen LogP contribution in [0.1, 0.15) is 23.9 Å². The van der Waals surface area contributed by atoms with E-state index < -0.39 is 0 Å². The van der Waals surface area contributed by atoms with Gasteiger partial charge in [-0.3, -0.25) is 9.48 Å². The van der Waals surface area contributed by atoms with E-state index in [-0.39, 0.29) is 5.91 Å². The van der Waals surface area contributed by atoms with Crippen molar-refractivity contribution in [3.63, 3.8) is 0 Å². The number of nitrogens with zero attached hydrogens (tertiary/aromatic N) is 2. The number of rotatable bonds is 7. The van der Waals surface area contributed by atoms with Gasteiger partial charge in [-0.15, -0.1) is 0 Å². The first-order valence-electron chi connectivity index (χ1n) is 7.23. The molecule has 0 unspecified atom stereocenters. The molecule has 0 aliphatic rings. The van der Waals surface area contributed by atoms with E-state index in [1.54, 1.807) is 0 Å². The maximum Gasteiger partial charge on any atom is 0.234 e. The maximum atomic E-state index is 11.8. The number of aryl methyl sites for hydroxylation is 2. The van der Waals surface area contributed by atoms with Gasteiger partial charge in [0.15, 0.2) is 0 Å². The van der Waals surface area contributed by atoms with Gasteiger partial charge in [-0.2, -0.15) is 5.10 Å². The topological polar surface area (TPSA) is 59.0 Å². The summed E-state index contributed by atoms with van der Waals surface area (Å²) in [7, 11) is 0. The molecule has 1 heterocycles. The Labute approximate surface area is 125 Å². The number of benzene rings is 1. The maximum absolute atomic E-state index is 11.8. The van der Waals surface area contributed by atoms with Crippen LogP contribution >= 0.6 is 0 Å². The Morgan fingerprint density at radius 2 is 2.00 bits per heavy atom. The normalized spacial score (nSPS) is 10.6. The molecule has 1 amide bonds. The third-order valence-corrected chi connectivity index (χ3v) is 3.21. The smallest absolute Gasteiger partial charge is 0.234 e. The lowest BCUT2D eigenvalue weighted by Gasteiger charge is -2.08. The van der Waals surface area contributed by atoms with E-state index >= 15 is 0 Å². The zero-order chi connectivity index (χ0) is 15.1. The van der Waals surface area contributed by atoms with Crippen molar-refractivity contribution in [3.05, 3.63) is 53.3 Å². The van der Waals surface area contributed by atoms with Crippen molar-refractivity contribution in [1.29, 1.82) is 0 Å². The van der Waals surface area contributed by atoms with Crippen molar-refractivity contribution >= 4 is 5.91 Å². The zero-order valence-electron chi connectivity index (χ0n) is 12.6. The molecule has 0 bridgehead atoms. The minimum atomic E-state index is -0.00172. The van der Waals surface area contributed by atoms with Gasteiger partial charge in [0.2, 0.25) is 5.91 Å². The van der Waals surface area contributed by atoms with Gasteiger partial charge in [-0.1, -0.05) is 30.3 Å². The minimum absolute atomic E-state index is 0.00172. The molecule has 2 aromatic rings. The molecule has 5 nitrogen and oxygen atoms in total. The molecule has 1 aromatic heterocycles. The summed E-state index contributed by atoms with van der Waals surface area (Å²) in [6, 6.07) is 11.9. The summed E-state index contributed by atoms with van der Waals surface area (Å²) in [5.41, 5.74) is 3.21. The van der Waals surface area contributed by atoms with Crippen LogP contribution in [0.2, 0.25) is 0 Å². The highest BCUT2D eigenvalue weighted by Crippen LogP contribution is 2.03. The molecule has 1 aromatic carbocycles. The van der Waals surface area contributed by atoms with Crippen LogP contribution in [-0.2, 0) is 24.4 Å². The van der Waals surface area contributed by atoms with Gasteiger partial charge in [0.25, 0.3) is 0 Å². The molecular formula is C16H22N4O. The van der Waals surface area contributed by atoms with E-state index in [0.717, 1.165) is 23.5 Å². The highest BCUT2D eigenvalue weighted by atomic mass is 16.1. The summed E-state index contributed by atoms with van der Waals surface area (Å²) in [5, 5.41) is 10.4. The molecule has 0 saturated carbocycles. The van der Waals surface area contributed by atoms with E-state index in [1.165, 1.54) is 0 Å². The van der Waals surface area contributed by atoms with Gasteiger partial charge in [0, 0.05) is 19.6 Å². The summed E-state index contributed by atoms with van der Waals surface area (Å²) in [4.78, 5) is 11.8. The van der Waals surface area contributed by atoms with E-state index in [2.05, 4.69) is 22.7 Å². The van der Waals surface area contributed by atoms with Gasteiger partial charge in [0.05, 0.1) is 17.9 Å². The second-order valence-electron chi connectivity index (χ2n) is 4.96. The first-order chi connectivity index (χ1) is 10.2. The monoisotopic (exact) mass is 286 g/mol. The summed E-state index contributed by atoms with van der Waals surface area (Å²) in [6.45, 7) is 6.39. The van der Waals surface area contributed by atoms with Gasteiger partial charge in [-0.05, 0) is 25.5 Å². The third-order valence-electron chi connectivity index (χ3n) is 3.21. The van der Waals surface area contributed by atoms with Crippen LogP contribution in [0.15, 0.2) is 36.4 Å². The average molecular weight is 286 g/mol. The van der Waals surface area contributed by atoms with E-state index in [1.807, 2.05) is 48.0 Å². The summed E-state index contributed by atoms with van der Waals surface area (Å²) in [6.07, 6.45) is 0. The van der Waals surface area contributed by atoms with Gasteiger partial charge < -0.3 is 10.6 Å². The Morgan fingerprint density at radius 3 is 2.71 bits per heavy atom. The van der Waals surface area contributed by atoms with E-state index in [4.69, 9.17) is 0 Å². The van der Waals surface area contributed by atoms with E-state index in [9.17, 15) is 4.79 Å². The second-order valence-corrected chi connectivity index (χ2v) is 4.96. The fraction of sp³-hybridized carbons (Fsp3) is 0.375. The number of carbonyl (C=O) groups is 1. The molecule has 112 valence electrons. The highest BCUT2D eigenvalue weighted by molar-refractivity contribution is 5.77. The lowest BCUT2D eigenvalue weighted by Crippen LogP contribution is -2.33. The predicted octanol–water partition coefficient (Wildman–Crippen LogP) is 1.62. The Bertz CT molecular complexity index is 577. The second kappa shape index (κ2) is 7.59. The molecule has 0 atom stereocenters. The quantitative estimate of drug-likeness (QED) is 0.813. The van der Waals surface area contributed by atoms with Crippen molar-refractivity contribution in [2.45, 2.75) is 33.5 Å². The van der Waals surface area contributed by atoms with Crippen molar-refractivity contribution in [2.75, 3.05) is 6.54 Å². The average Bonchev–Trinajstić information content (AvgIpc) is 2.86. The molecule has 0 aliphatic carbocycles. The number of hydrogen-bond donors (Lipinski definition) is 2. The van der Waals surface area contributed by atoms with Crippen LogP contribution < -0.4 is 10.6 Å². The molecule has 2 N–H and O–H groups in total. The Hall–Kier alpha value is -2.14. The number of nitrogens with one attached hydrogen (secondary N) is 2. The van der Waals surface area contributed by atoms with Crippen molar-refractivity contribution in [1.82, 2.24) is 20.4 Å². The molecule has 21 heavy (non-hydrogen) atoms. The van der Waals surface area contributed by atoms with Crippen LogP contribution in [0, 0.1) is 6.92 Å². The lowest BCUT2D eigenvalue weighted by atomic mass is 10.2. The van der Waals surface area contributed by atoms with Gasteiger partial charge in [0.1, 0.15) is 0 Å². The third kappa shape index (κ3) is 4.72. The Kier molecular flexibility index (Phi) is 5.51. The molecule has 0 radical (unpaired) electrons. The molecule has 0 spiro atoms. The number of carbonyl (C=O) groups excluding carboxylic acids is 1. The number of aromatic nitrogens is 2. The molecular weight excluding hydrogens is 264 g/mol. The van der Waals surface area contributed by atoms with Crippen LogP contribution in [-0.4, -0.2) is 22.2 Å². The molecule has 2 rings (SSSR count). The van der Waals surface area contributed by atoms with Crippen LogP contribution in [0.4, 0.5) is 0 Å². The zero-order valence-corrected chi connectivity index (χ0v) is 12.6. The highest BCUT2D eigenvalue weighted by Gasteiger charge is 2.05. The predicted molar refractivity (Wildman–Crippen MR) is 82.6 cm³/mol. The molecule has 0 fully saturated rings. The largest absolute Gasteiger partial charge is 0.351 e. The minimum Gasteiger partial charge on any atom is -0.351 e. The summed E-state index contributed by atoms with van der Waals surface area (Å²) >= 11 is 0. The molecule has 5 heteroatoms. The fourth-order valence-electron chi connectivity index (χ4n) is 2.18. The van der Waals surface area contributed by atoms with Gasteiger partial charge >= 0.3 is 0 Å². The first kappa shape index (κ1) is 15.3. The number of hydrogen-bond acceptors (Lipinski definition) is 3. The van der Waals surface area contributed by atoms with E-state index in [0.29, 0.717) is 19.6 Å². The Balaban J connectivity index is 1.72. The summed E-state index contributed by atoms with van der Waals surface area (Å²) < 4.78 is 1.95. The summed E-state index contributed by atoms with van der Waals surface area (Å²) in [5.74, 6) is -0.00172. The standard InChI is InChI=1S/C16H22N4O/c1-3-20-15(9-13(2)19-20)11-17-12-16(21)18-10-14-7-5-4-6-8-14/h4-9,17H,3,10-12H2,1-2H3,(H,18,21). The molecule has 0 saturated heterocycles. The van der Waals surface area contributed by atoms with Crippen LogP contribution in [0.25, 0.3) is 0 Å². The van der Waals surface area contributed by atoms with Crippen molar-refractivity contribution < 1.29 is 4.79 Å². The fourth-order valence-corrected chi connectivity index (χ4v) is 2.18. The first-order valence-corrected chi connectivity index (χ1v) is 7.23. The SMILES string of the molecule is CCn1nc(C)cc1CNCC(=O)NCc1ccccc1. The molecule has 0 aliphatic heterocycles. The van der Waals surface area contributed by atoms with Crippen molar-refractivity contribution in [2.24, 2.45) is 0 Å². The van der Waals surface area contributed by atoms with Crippen LogP contribution in [0.3, 0.4) is 0 Å². The number of amides is 1. The van der Waals surface area contributed by atoms with Crippen LogP contribution in [0.5, 0.6) is 0 Å².